The number of Topliss-reactive ketones (excluding diaryl/α,β-unsaturated/α-hetero) is 1. The van der Waals surface area contributed by atoms with Gasteiger partial charge in [0.2, 0.25) is 0 Å². The van der Waals surface area contributed by atoms with Crippen molar-refractivity contribution in [1.29, 1.82) is 0 Å². The first-order valence-corrected chi connectivity index (χ1v) is 6.28. The number of ketones is 1. The summed E-state index contributed by atoms with van der Waals surface area (Å²) in [5.41, 5.74) is 0.597. The van der Waals surface area contributed by atoms with Crippen LogP contribution in [-0.2, 0) is 0 Å². The molecule has 0 fully saturated rings. The number of carbonyl (C=O) groups excluding carboxylic acids is 2. The maximum Gasteiger partial charge on any atom is 0.310 e. The zero-order chi connectivity index (χ0) is 16.3. The monoisotopic (exact) mass is 300 g/mol. The molecule has 2 aromatic rings. The van der Waals surface area contributed by atoms with Gasteiger partial charge in [0.1, 0.15) is 0 Å². The van der Waals surface area contributed by atoms with Crippen LogP contribution in [0.25, 0.3) is 0 Å². The van der Waals surface area contributed by atoms with Crippen molar-refractivity contribution in [3.8, 4) is 5.75 Å². The van der Waals surface area contributed by atoms with Crippen LogP contribution in [-0.4, -0.2) is 21.7 Å². The van der Waals surface area contributed by atoms with Crippen molar-refractivity contribution >= 4 is 23.1 Å². The summed E-state index contributed by atoms with van der Waals surface area (Å²) in [4.78, 5) is 33.0. The van der Waals surface area contributed by atoms with Crippen molar-refractivity contribution in [1.82, 2.24) is 0 Å². The Morgan fingerprint density at radius 3 is 2.18 bits per heavy atom. The van der Waals surface area contributed by atoms with Crippen molar-refractivity contribution in [2.75, 3.05) is 5.32 Å². The molecule has 7 nitrogen and oxygen atoms in total. The minimum absolute atomic E-state index is 0.0822. The Hall–Kier alpha value is -3.22. The molecule has 0 saturated heterocycles. The first-order valence-electron chi connectivity index (χ1n) is 6.28. The quantitative estimate of drug-likeness (QED) is 0.512. The van der Waals surface area contributed by atoms with Gasteiger partial charge in [-0.05, 0) is 43.3 Å². The molecule has 112 valence electrons. The van der Waals surface area contributed by atoms with Crippen molar-refractivity contribution in [3.63, 3.8) is 0 Å². The summed E-state index contributed by atoms with van der Waals surface area (Å²) < 4.78 is 0. The average molecular weight is 300 g/mol. The van der Waals surface area contributed by atoms with Gasteiger partial charge in [0, 0.05) is 22.9 Å². The van der Waals surface area contributed by atoms with Gasteiger partial charge in [-0.3, -0.25) is 19.7 Å². The van der Waals surface area contributed by atoms with Gasteiger partial charge in [-0.25, -0.2) is 0 Å². The average Bonchev–Trinajstić information content (AvgIpc) is 2.47. The van der Waals surface area contributed by atoms with Gasteiger partial charge in [-0.15, -0.1) is 0 Å². The number of hydrogen-bond donors (Lipinski definition) is 2. The lowest BCUT2D eigenvalue weighted by molar-refractivity contribution is -0.385. The standard InChI is InChI=1S/C15H12N2O5/c1-9(18)10-2-5-12(6-3-10)16-15(20)11-4-7-13(17(21)22)14(19)8-11/h2-8,19H,1H3,(H,16,20). The highest BCUT2D eigenvalue weighted by Crippen LogP contribution is 2.26. The topological polar surface area (TPSA) is 110 Å². The molecule has 0 unspecified atom stereocenters. The van der Waals surface area contributed by atoms with Crippen LogP contribution in [0.3, 0.4) is 0 Å². The lowest BCUT2D eigenvalue weighted by Crippen LogP contribution is -2.12. The van der Waals surface area contributed by atoms with Crippen molar-refractivity contribution in [2.24, 2.45) is 0 Å². The van der Waals surface area contributed by atoms with Crippen LogP contribution in [0.2, 0.25) is 0 Å². The molecule has 0 saturated carbocycles. The third-order valence-electron chi connectivity index (χ3n) is 2.98. The minimum atomic E-state index is -0.739. The second kappa shape index (κ2) is 6.04. The number of carbonyl (C=O) groups is 2. The number of benzene rings is 2. The number of nitro groups is 1. The van der Waals surface area contributed by atoms with E-state index in [1.807, 2.05) is 0 Å². The van der Waals surface area contributed by atoms with E-state index in [1.165, 1.54) is 13.0 Å². The highest BCUT2D eigenvalue weighted by Gasteiger charge is 2.16. The fourth-order valence-electron chi connectivity index (χ4n) is 1.81. The predicted molar refractivity (Wildman–Crippen MR) is 79.2 cm³/mol. The van der Waals surface area contributed by atoms with Gasteiger partial charge in [0.15, 0.2) is 11.5 Å². The van der Waals surface area contributed by atoms with Gasteiger partial charge < -0.3 is 10.4 Å². The van der Waals surface area contributed by atoms with E-state index < -0.39 is 22.3 Å². The van der Waals surface area contributed by atoms with E-state index in [2.05, 4.69) is 5.32 Å². The lowest BCUT2D eigenvalue weighted by atomic mass is 10.1. The summed E-state index contributed by atoms with van der Waals surface area (Å²) in [6.45, 7) is 1.44. The molecule has 1 amide bonds. The highest BCUT2D eigenvalue weighted by atomic mass is 16.6. The molecule has 0 aliphatic carbocycles. The molecular weight excluding hydrogens is 288 g/mol. The fourth-order valence-corrected chi connectivity index (χ4v) is 1.81. The second-order valence-electron chi connectivity index (χ2n) is 4.55. The summed E-state index contributed by atoms with van der Waals surface area (Å²) in [6.07, 6.45) is 0. The van der Waals surface area contributed by atoms with Crippen LogP contribution >= 0.6 is 0 Å². The molecule has 7 heteroatoms. The maximum absolute atomic E-state index is 12.0. The molecule has 2 aromatic carbocycles. The van der Waals surface area contributed by atoms with Gasteiger partial charge in [0.05, 0.1) is 4.92 Å². The van der Waals surface area contributed by atoms with E-state index in [9.17, 15) is 24.8 Å². The third-order valence-corrected chi connectivity index (χ3v) is 2.98. The summed E-state index contributed by atoms with van der Waals surface area (Å²) in [6, 6.07) is 9.62. The van der Waals surface area contributed by atoms with Crippen LogP contribution in [0.1, 0.15) is 27.6 Å². The number of hydrogen-bond acceptors (Lipinski definition) is 5. The summed E-state index contributed by atoms with van der Waals surface area (Å²) in [5, 5.41) is 22.7. The molecule has 0 aliphatic heterocycles. The minimum Gasteiger partial charge on any atom is -0.502 e. The summed E-state index contributed by atoms with van der Waals surface area (Å²) in [5.74, 6) is -1.19. The largest absolute Gasteiger partial charge is 0.502 e. The Kier molecular flexibility index (Phi) is 4.17. The number of nitrogens with one attached hydrogen (secondary N) is 1. The van der Waals surface area contributed by atoms with E-state index in [1.54, 1.807) is 24.3 Å². The third kappa shape index (κ3) is 3.26. The van der Waals surface area contributed by atoms with E-state index in [0.29, 0.717) is 11.3 Å². The number of aromatic hydroxyl groups is 1. The van der Waals surface area contributed by atoms with E-state index >= 15 is 0 Å². The number of amides is 1. The number of phenols is 1. The first kappa shape index (κ1) is 15.2. The number of phenolic OH excluding ortho intramolecular Hbond substituents is 1. The number of nitrogens with zero attached hydrogens (tertiary/aromatic N) is 1. The Labute approximate surface area is 125 Å². The summed E-state index contributed by atoms with van der Waals surface area (Å²) in [7, 11) is 0. The molecule has 2 N–H and O–H groups in total. The smallest absolute Gasteiger partial charge is 0.310 e. The number of rotatable bonds is 4. The molecule has 22 heavy (non-hydrogen) atoms. The van der Waals surface area contributed by atoms with Gasteiger partial charge in [-0.2, -0.15) is 0 Å². The Morgan fingerprint density at radius 1 is 1.09 bits per heavy atom. The zero-order valence-corrected chi connectivity index (χ0v) is 11.6. The van der Waals surface area contributed by atoms with Crippen LogP contribution in [0.4, 0.5) is 11.4 Å². The highest BCUT2D eigenvalue weighted by molar-refractivity contribution is 6.05. The van der Waals surface area contributed by atoms with Gasteiger partial charge in [0.25, 0.3) is 5.91 Å². The van der Waals surface area contributed by atoms with E-state index in [4.69, 9.17) is 0 Å². The Balaban J connectivity index is 2.17. The molecule has 0 atom stereocenters. The molecule has 0 radical (unpaired) electrons. The normalized spacial score (nSPS) is 10.0. The van der Waals surface area contributed by atoms with Crippen LogP contribution in [0.5, 0.6) is 5.75 Å². The Morgan fingerprint density at radius 2 is 1.68 bits per heavy atom. The second-order valence-corrected chi connectivity index (χ2v) is 4.55. The van der Waals surface area contributed by atoms with Crippen molar-refractivity contribution in [2.45, 2.75) is 6.92 Å². The van der Waals surface area contributed by atoms with Gasteiger partial charge >= 0.3 is 5.69 Å². The molecule has 0 bridgehead atoms. The number of anilines is 1. The maximum atomic E-state index is 12.0. The van der Waals surface area contributed by atoms with E-state index in [0.717, 1.165) is 12.1 Å². The van der Waals surface area contributed by atoms with Crippen molar-refractivity contribution < 1.29 is 19.6 Å². The lowest BCUT2D eigenvalue weighted by Gasteiger charge is -2.06. The SMILES string of the molecule is CC(=O)c1ccc(NC(=O)c2ccc([N+](=O)[O-])c(O)c2)cc1. The molecule has 0 heterocycles. The zero-order valence-electron chi connectivity index (χ0n) is 11.6. The molecule has 0 spiro atoms. The fraction of sp³-hybridized carbons (Fsp3) is 0.0667. The molecule has 0 aliphatic rings. The van der Waals surface area contributed by atoms with E-state index in [-0.39, 0.29) is 11.3 Å². The predicted octanol–water partition coefficient (Wildman–Crippen LogP) is 2.76. The molecular formula is C15H12N2O5. The first-order chi connectivity index (χ1) is 10.4. The van der Waals surface area contributed by atoms with Gasteiger partial charge in [-0.1, -0.05) is 0 Å². The van der Waals surface area contributed by atoms with Crippen LogP contribution in [0.15, 0.2) is 42.5 Å². The molecule has 0 aromatic heterocycles. The Bertz CT molecular complexity index is 753. The van der Waals surface area contributed by atoms with Crippen LogP contribution < -0.4 is 5.32 Å². The van der Waals surface area contributed by atoms with Crippen LogP contribution in [0, 0.1) is 10.1 Å². The number of nitro benzene ring substituents is 1. The summed E-state index contributed by atoms with van der Waals surface area (Å²) >= 11 is 0. The van der Waals surface area contributed by atoms with Crippen molar-refractivity contribution in [3.05, 3.63) is 63.7 Å². The molecule has 2 rings (SSSR count).